The lowest BCUT2D eigenvalue weighted by atomic mass is 9.85. The first-order chi connectivity index (χ1) is 14.5. The third-order valence-electron chi connectivity index (χ3n) is 5.56. The van der Waals surface area contributed by atoms with E-state index in [1.54, 1.807) is 0 Å². The average molecular weight is 458 g/mol. The van der Waals surface area contributed by atoms with E-state index in [2.05, 4.69) is 40.6 Å². The van der Waals surface area contributed by atoms with E-state index in [0.717, 1.165) is 16.9 Å². The van der Waals surface area contributed by atoms with E-state index in [1.165, 1.54) is 0 Å². The Morgan fingerprint density at radius 2 is 1.94 bits per heavy atom. The molecule has 0 aliphatic carbocycles. The second-order valence-electron chi connectivity index (χ2n) is 9.02. The summed E-state index contributed by atoms with van der Waals surface area (Å²) >= 11 is 6.34. The van der Waals surface area contributed by atoms with Crippen molar-refractivity contribution in [2.45, 2.75) is 47.2 Å². The normalized spacial score (nSPS) is 15.3. The van der Waals surface area contributed by atoms with Crippen LogP contribution in [0.15, 0.2) is 32.4 Å². The largest absolute Gasteiger partial charge is 0.464 e. The minimum atomic E-state index is -0.338. The number of furan rings is 1. The molecule has 6 nitrogen and oxygen atoms in total. The Balaban J connectivity index is 1.83. The van der Waals surface area contributed by atoms with Gasteiger partial charge < -0.3 is 15.1 Å². The summed E-state index contributed by atoms with van der Waals surface area (Å²) in [6.07, 6.45) is 0. The number of carbonyl (C=O) groups excluding carboxylic acids is 1. The minimum absolute atomic E-state index is 0.141. The number of fused-ring (bicyclic) bond motifs is 1. The fraction of sp³-hybridized carbons (Fsp3) is 0.348. The third kappa shape index (κ3) is 3.72. The predicted octanol–water partition coefficient (Wildman–Crippen LogP) is 3.96. The molecule has 162 valence electrons. The molecule has 0 saturated heterocycles. The number of aryl methyl sites for hydroxylation is 2. The van der Waals surface area contributed by atoms with Gasteiger partial charge in [0.15, 0.2) is 0 Å². The van der Waals surface area contributed by atoms with Crippen molar-refractivity contribution in [2.75, 3.05) is 5.32 Å². The molecule has 0 radical (unpaired) electrons. The lowest BCUT2D eigenvalue weighted by molar-refractivity contribution is 0.0966. The van der Waals surface area contributed by atoms with E-state index in [1.807, 2.05) is 32.0 Å². The highest BCUT2D eigenvalue weighted by molar-refractivity contribution is 7.28. The highest BCUT2D eigenvalue weighted by atomic mass is 35.5. The number of benzene rings is 1. The summed E-state index contributed by atoms with van der Waals surface area (Å²) in [5, 5.41) is 7.52. The van der Waals surface area contributed by atoms with Crippen molar-refractivity contribution in [2.24, 2.45) is 10.4 Å². The molecule has 8 heteroatoms. The summed E-state index contributed by atoms with van der Waals surface area (Å²) in [5.41, 5.74) is 2.93. The Morgan fingerprint density at radius 3 is 2.55 bits per heavy atom. The van der Waals surface area contributed by atoms with Crippen LogP contribution < -0.4 is 26.7 Å². The van der Waals surface area contributed by atoms with Gasteiger partial charge >= 0.3 is 0 Å². The standard InChI is InChI=1S/C23H25ClN3O3P/c1-10-8-13(24)12-9-25-22(29)15(12)16(10)26-18-17(19(28)20(18)31)27-21(23(3,4)5)14-7-6-11(2)30-14/h6-8,21,26H,9,31H2,1-5H3,(H,25,29)/t21-/m0/s1. The average Bonchev–Trinajstić information content (AvgIpc) is 3.28. The van der Waals surface area contributed by atoms with Crippen molar-refractivity contribution >= 4 is 43.4 Å². The molecule has 2 heterocycles. The van der Waals surface area contributed by atoms with Crippen LogP contribution in [0.3, 0.4) is 0 Å². The maximum absolute atomic E-state index is 12.7. The first kappa shape index (κ1) is 21.8. The lowest BCUT2D eigenvalue weighted by Crippen LogP contribution is -2.47. The smallest absolute Gasteiger partial charge is 0.254 e. The van der Waals surface area contributed by atoms with Gasteiger partial charge in [0.25, 0.3) is 5.91 Å². The Bertz CT molecular complexity index is 1290. The number of anilines is 2. The van der Waals surface area contributed by atoms with Gasteiger partial charge in [0, 0.05) is 22.4 Å². The highest BCUT2D eigenvalue weighted by Crippen LogP contribution is 2.37. The molecule has 31 heavy (non-hydrogen) atoms. The second-order valence-corrected chi connectivity index (χ2v) is 10.0. The molecule has 0 fully saturated rings. The van der Waals surface area contributed by atoms with Crippen molar-refractivity contribution in [3.05, 3.63) is 67.0 Å². The fourth-order valence-electron chi connectivity index (χ4n) is 3.87. The van der Waals surface area contributed by atoms with Crippen molar-refractivity contribution in [1.82, 2.24) is 5.32 Å². The quantitative estimate of drug-likeness (QED) is 0.581. The first-order valence-electron chi connectivity index (χ1n) is 10.0. The molecular formula is C23H25ClN3O3P. The van der Waals surface area contributed by atoms with Crippen LogP contribution >= 0.6 is 20.8 Å². The van der Waals surface area contributed by atoms with E-state index < -0.39 is 0 Å². The Labute approximate surface area is 188 Å². The molecule has 2 atom stereocenters. The SMILES string of the molecule is Cc1ccc([C@H](N=c2c(Nc3c(C)cc(Cl)c4c3C(=O)NC4)c(P)c2=O)C(C)(C)C)o1. The molecule has 4 rings (SSSR count). The zero-order chi connectivity index (χ0) is 22.7. The Kier molecular flexibility index (Phi) is 5.35. The predicted molar refractivity (Wildman–Crippen MR) is 126 cm³/mol. The Morgan fingerprint density at radius 1 is 1.23 bits per heavy atom. The Hall–Kier alpha value is -2.43. The monoisotopic (exact) mass is 457 g/mol. The number of hydrogen-bond acceptors (Lipinski definition) is 5. The molecule has 1 aliphatic rings. The maximum atomic E-state index is 12.7. The molecule has 0 bridgehead atoms. The molecule has 1 unspecified atom stereocenters. The summed E-state index contributed by atoms with van der Waals surface area (Å²) in [6.45, 7) is 10.3. The van der Waals surface area contributed by atoms with Gasteiger partial charge in [0.05, 0.1) is 16.9 Å². The summed E-state index contributed by atoms with van der Waals surface area (Å²) in [6, 6.07) is 5.28. The van der Waals surface area contributed by atoms with Crippen LogP contribution in [0.25, 0.3) is 0 Å². The molecule has 0 spiro atoms. The van der Waals surface area contributed by atoms with E-state index in [4.69, 9.17) is 21.0 Å². The molecular weight excluding hydrogens is 433 g/mol. The van der Waals surface area contributed by atoms with Gasteiger partial charge in [-0.15, -0.1) is 0 Å². The number of carbonyl (C=O) groups is 1. The first-order valence-corrected chi connectivity index (χ1v) is 11.0. The third-order valence-corrected chi connectivity index (χ3v) is 6.44. The fourth-order valence-corrected chi connectivity index (χ4v) is 4.54. The molecule has 1 aromatic heterocycles. The second kappa shape index (κ2) is 7.61. The van der Waals surface area contributed by atoms with Gasteiger partial charge in [-0.2, -0.15) is 0 Å². The van der Waals surface area contributed by atoms with Crippen LogP contribution in [-0.2, 0) is 6.54 Å². The minimum Gasteiger partial charge on any atom is -0.464 e. The summed E-state index contributed by atoms with van der Waals surface area (Å²) < 4.78 is 5.84. The molecule has 2 aromatic carbocycles. The zero-order valence-electron chi connectivity index (χ0n) is 18.1. The molecule has 2 N–H and O–H groups in total. The van der Waals surface area contributed by atoms with Crippen LogP contribution in [0.5, 0.6) is 0 Å². The van der Waals surface area contributed by atoms with Crippen molar-refractivity contribution in [1.29, 1.82) is 0 Å². The number of nitrogens with one attached hydrogen (secondary N) is 2. The van der Waals surface area contributed by atoms with Crippen molar-refractivity contribution in [3.8, 4) is 0 Å². The van der Waals surface area contributed by atoms with Crippen LogP contribution in [-0.4, -0.2) is 5.91 Å². The van der Waals surface area contributed by atoms with Gasteiger partial charge in [-0.05, 0) is 43.0 Å². The van der Waals surface area contributed by atoms with Crippen LogP contribution in [0, 0.1) is 19.3 Å². The zero-order valence-corrected chi connectivity index (χ0v) is 20.1. The van der Waals surface area contributed by atoms with Gasteiger partial charge in [-0.25, -0.2) is 0 Å². The number of hydrogen-bond donors (Lipinski definition) is 2. The van der Waals surface area contributed by atoms with Crippen LogP contribution in [0.4, 0.5) is 11.4 Å². The van der Waals surface area contributed by atoms with E-state index in [0.29, 0.717) is 44.9 Å². The van der Waals surface area contributed by atoms with Crippen LogP contribution in [0.1, 0.15) is 59.8 Å². The van der Waals surface area contributed by atoms with Gasteiger partial charge in [-0.3, -0.25) is 14.6 Å². The summed E-state index contributed by atoms with van der Waals surface area (Å²) in [7, 11) is 2.47. The van der Waals surface area contributed by atoms with Crippen molar-refractivity contribution in [3.63, 3.8) is 0 Å². The molecule has 1 aliphatic heterocycles. The number of nitrogens with zero attached hydrogens (tertiary/aromatic N) is 1. The van der Waals surface area contributed by atoms with Gasteiger partial charge in [0.1, 0.15) is 22.9 Å². The number of amides is 1. The number of rotatable bonds is 4. The van der Waals surface area contributed by atoms with E-state index in [9.17, 15) is 9.59 Å². The van der Waals surface area contributed by atoms with Crippen LogP contribution in [0.2, 0.25) is 5.02 Å². The summed E-state index contributed by atoms with van der Waals surface area (Å²) in [4.78, 5) is 30.0. The van der Waals surface area contributed by atoms with E-state index >= 15 is 0 Å². The molecule has 0 saturated carbocycles. The molecule has 1 amide bonds. The van der Waals surface area contributed by atoms with Gasteiger partial charge in [0.2, 0.25) is 5.43 Å². The topological polar surface area (TPSA) is 83.7 Å². The van der Waals surface area contributed by atoms with E-state index in [-0.39, 0.29) is 22.8 Å². The maximum Gasteiger partial charge on any atom is 0.254 e. The van der Waals surface area contributed by atoms with Gasteiger partial charge in [-0.1, -0.05) is 41.6 Å². The molecule has 3 aromatic rings. The number of halogens is 1. The highest BCUT2D eigenvalue weighted by Gasteiger charge is 2.31. The summed E-state index contributed by atoms with van der Waals surface area (Å²) in [5.74, 6) is 1.32. The lowest BCUT2D eigenvalue weighted by Gasteiger charge is -2.26. The van der Waals surface area contributed by atoms with Crippen molar-refractivity contribution < 1.29 is 9.21 Å².